The predicted molar refractivity (Wildman–Crippen MR) is 83.9 cm³/mol. The van der Waals surface area contributed by atoms with Crippen LogP contribution in [0.25, 0.3) is 22.8 Å². The summed E-state index contributed by atoms with van der Waals surface area (Å²) in [7, 11) is -0.616. The second-order valence-corrected chi connectivity index (χ2v) is 7.62. The fourth-order valence-corrected chi connectivity index (χ4v) is 3.62. The smallest absolute Gasteiger partial charge is 0.259 e. The number of benzene rings is 1. The van der Waals surface area contributed by atoms with Gasteiger partial charge in [-0.2, -0.15) is 16.3 Å². The monoisotopic (exact) mass is 335 g/mol. The Morgan fingerprint density at radius 2 is 1.95 bits per heavy atom. The van der Waals surface area contributed by atoms with Crippen molar-refractivity contribution >= 4 is 21.4 Å². The van der Waals surface area contributed by atoms with Gasteiger partial charge in [0.25, 0.3) is 5.89 Å². The van der Waals surface area contributed by atoms with Gasteiger partial charge in [0.15, 0.2) is 0 Å². The van der Waals surface area contributed by atoms with E-state index in [0.717, 1.165) is 9.87 Å². The third-order valence-electron chi connectivity index (χ3n) is 3.08. The molecule has 3 rings (SSSR count). The van der Waals surface area contributed by atoms with Gasteiger partial charge in [0.1, 0.15) is 0 Å². The van der Waals surface area contributed by atoms with Gasteiger partial charge in [0, 0.05) is 25.0 Å². The third kappa shape index (κ3) is 2.56. The lowest BCUT2D eigenvalue weighted by atomic mass is 10.2. The van der Waals surface area contributed by atoms with Crippen LogP contribution in [-0.4, -0.2) is 37.0 Å². The van der Waals surface area contributed by atoms with Gasteiger partial charge in [-0.25, -0.2) is 12.7 Å². The van der Waals surface area contributed by atoms with E-state index in [4.69, 9.17) is 4.52 Å². The summed E-state index contributed by atoms with van der Waals surface area (Å²) in [4.78, 5) is 4.45. The van der Waals surface area contributed by atoms with Gasteiger partial charge in [0.2, 0.25) is 15.8 Å². The van der Waals surface area contributed by atoms with Gasteiger partial charge in [-0.3, -0.25) is 0 Å². The molecule has 0 aliphatic carbocycles. The van der Waals surface area contributed by atoms with E-state index in [1.165, 1.54) is 31.5 Å². The molecule has 0 aliphatic rings. The summed E-state index contributed by atoms with van der Waals surface area (Å²) >= 11 is 1.52. The molecule has 0 atom stereocenters. The van der Waals surface area contributed by atoms with Gasteiger partial charge in [-0.15, -0.1) is 0 Å². The van der Waals surface area contributed by atoms with E-state index < -0.39 is 10.0 Å². The van der Waals surface area contributed by atoms with Gasteiger partial charge in [-0.1, -0.05) is 17.3 Å². The average molecular weight is 335 g/mol. The van der Waals surface area contributed by atoms with Crippen molar-refractivity contribution in [2.75, 3.05) is 14.1 Å². The van der Waals surface area contributed by atoms with E-state index in [2.05, 4.69) is 10.1 Å². The first-order valence-electron chi connectivity index (χ1n) is 6.38. The summed E-state index contributed by atoms with van der Waals surface area (Å²) in [6.07, 6.45) is 0. The molecule has 6 nitrogen and oxygen atoms in total. The van der Waals surface area contributed by atoms with Gasteiger partial charge < -0.3 is 4.52 Å². The summed E-state index contributed by atoms with van der Waals surface area (Å²) < 4.78 is 31.2. The first-order valence-corrected chi connectivity index (χ1v) is 8.76. The molecule has 0 fully saturated rings. The molecule has 0 N–H and O–H groups in total. The largest absolute Gasteiger partial charge is 0.334 e. The highest BCUT2D eigenvalue weighted by Crippen LogP contribution is 2.29. The molecule has 22 heavy (non-hydrogen) atoms. The highest BCUT2D eigenvalue weighted by atomic mass is 32.2. The van der Waals surface area contributed by atoms with Crippen LogP contribution in [0.2, 0.25) is 0 Å². The number of sulfonamides is 1. The molecule has 0 saturated heterocycles. The highest BCUT2D eigenvalue weighted by molar-refractivity contribution is 7.89. The Labute approximate surface area is 132 Å². The predicted octanol–water partition coefficient (Wildman–Crippen LogP) is 2.72. The van der Waals surface area contributed by atoms with Crippen LogP contribution in [0.3, 0.4) is 0 Å². The summed E-state index contributed by atoms with van der Waals surface area (Å²) in [5.74, 6) is 0.621. The zero-order valence-corrected chi connectivity index (χ0v) is 13.6. The van der Waals surface area contributed by atoms with E-state index in [1.54, 1.807) is 18.2 Å². The van der Waals surface area contributed by atoms with E-state index in [1.807, 2.05) is 16.8 Å². The lowest BCUT2D eigenvalue weighted by Crippen LogP contribution is -2.22. The molecule has 0 aliphatic heterocycles. The molecule has 0 amide bonds. The second-order valence-electron chi connectivity index (χ2n) is 4.72. The molecule has 3 aromatic rings. The number of nitrogens with zero attached hydrogens (tertiary/aromatic N) is 3. The van der Waals surface area contributed by atoms with Crippen LogP contribution in [0, 0.1) is 0 Å². The Hall–Kier alpha value is -2.03. The molecular formula is C14H13N3O3S2. The van der Waals surface area contributed by atoms with E-state index in [0.29, 0.717) is 11.5 Å². The lowest BCUT2D eigenvalue weighted by Gasteiger charge is -2.13. The molecule has 0 bridgehead atoms. The molecule has 2 aromatic heterocycles. The Morgan fingerprint density at radius 1 is 1.18 bits per heavy atom. The SMILES string of the molecule is CN(C)S(=O)(=O)c1ccccc1-c1noc(-c2ccsc2)n1. The van der Waals surface area contributed by atoms with E-state index in [9.17, 15) is 8.42 Å². The zero-order valence-electron chi connectivity index (χ0n) is 11.9. The topological polar surface area (TPSA) is 76.3 Å². The highest BCUT2D eigenvalue weighted by Gasteiger charge is 2.24. The molecule has 0 radical (unpaired) electrons. The Balaban J connectivity index is 2.11. The van der Waals surface area contributed by atoms with Crippen molar-refractivity contribution in [3.63, 3.8) is 0 Å². The van der Waals surface area contributed by atoms with Crippen molar-refractivity contribution in [1.82, 2.24) is 14.4 Å². The Morgan fingerprint density at radius 3 is 2.64 bits per heavy atom. The van der Waals surface area contributed by atoms with Gasteiger partial charge in [-0.05, 0) is 23.6 Å². The molecular weight excluding hydrogens is 322 g/mol. The van der Waals surface area contributed by atoms with Gasteiger partial charge in [0.05, 0.1) is 10.5 Å². The van der Waals surface area contributed by atoms with Crippen LogP contribution >= 0.6 is 11.3 Å². The summed E-state index contributed by atoms with van der Waals surface area (Å²) in [5, 5.41) is 7.71. The van der Waals surface area contributed by atoms with Gasteiger partial charge >= 0.3 is 0 Å². The van der Waals surface area contributed by atoms with Crippen molar-refractivity contribution in [2.45, 2.75) is 4.90 Å². The minimum absolute atomic E-state index is 0.151. The molecule has 114 valence electrons. The summed E-state index contributed by atoms with van der Waals surface area (Å²) in [5.41, 5.74) is 1.23. The van der Waals surface area contributed by atoms with E-state index >= 15 is 0 Å². The van der Waals surface area contributed by atoms with Crippen LogP contribution in [0.15, 0.2) is 50.5 Å². The maximum Gasteiger partial charge on any atom is 0.259 e. The van der Waals surface area contributed by atoms with Crippen LogP contribution < -0.4 is 0 Å². The number of hydrogen-bond donors (Lipinski definition) is 0. The van der Waals surface area contributed by atoms with Crippen molar-refractivity contribution in [1.29, 1.82) is 0 Å². The summed E-state index contributed by atoms with van der Waals surface area (Å²) in [6, 6.07) is 8.47. The standard InChI is InChI=1S/C14H13N3O3S2/c1-17(2)22(18,19)12-6-4-3-5-11(12)13-15-14(20-16-13)10-7-8-21-9-10/h3-9H,1-2H3. The number of aromatic nitrogens is 2. The Bertz CT molecular complexity index is 884. The Kier molecular flexibility index (Phi) is 3.81. The summed E-state index contributed by atoms with van der Waals surface area (Å²) in [6.45, 7) is 0. The minimum atomic E-state index is -3.59. The number of rotatable bonds is 4. The lowest BCUT2D eigenvalue weighted by molar-refractivity contribution is 0.432. The second kappa shape index (κ2) is 5.64. The maximum absolute atomic E-state index is 12.4. The maximum atomic E-state index is 12.4. The van der Waals surface area contributed by atoms with Crippen molar-refractivity contribution in [3.8, 4) is 22.8 Å². The molecule has 0 unspecified atom stereocenters. The van der Waals surface area contributed by atoms with Crippen LogP contribution in [0.4, 0.5) is 0 Å². The molecule has 8 heteroatoms. The quantitative estimate of drug-likeness (QED) is 0.733. The average Bonchev–Trinajstić information content (AvgIpc) is 3.18. The molecule has 2 heterocycles. The van der Waals surface area contributed by atoms with Crippen molar-refractivity contribution in [3.05, 3.63) is 41.1 Å². The van der Waals surface area contributed by atoms with Crippen LogP contribution in [0.1, 0.15) is 0 Å². The number of thiophene rings is 1. The fourth-order valence-electron chi connectivity index (χ4n) is 1.91. The minimum Gasteiger partial charge on any atom is -0.334 e. The normalized spacial score (nSPS) is 12.0. The van der Waals surface area contributed by atoms with E-state index in [-0.39, 0.29) is 10.7 Å². The third-order valence-corrected chi connectivity index (χ3v) is 5.64. The zero-order chi connectivity index (χ0) is 15.7. The fraction of sp³-hybridized carbons (Fsp3) is 0.143. The molecule has 1 aromatic carbocycles. The van der Waals surface area contributed by atoms with Crippen LogP contribution in [-0.2, 0) is 10.0 Å². The first kappa shape index (κ1) is 14.9. The number of hydrogen-bond acceptors (Lipinski definition) is 6. The molecule has 0 spiro atoms. The van der Waals surface area contributed by atoms with Crippen molar-refractivity contribution < 1.29 is 12.9 Å². The molecule has 0 saturated carbocycles. The van der Waals surface area contributed by atoms with Crippen molar-refractivity contribution in [2.24, 2.45) is 0 Å². The van der Waals surface area contributed by atoms with Crippen LogP contribution in [0.5, 0.6) is 0 Å². The first-order chi connectivity index (χ1) is 10.5.